The summed E-state index contributed by atoms with van der Waals surface area (Å²) >= 11 is 0. The molecule has 1 atom stereocenters. The first-order valence-corrected chi connectivity index (χ1v) is 13.3. The lowest BCUT2D eigenvalue weighted by molar-refractivity contribution is -0.150. The predicted octanol–water partition coefficient (Wildman–Crippen LogP) is 6.32. The zero-order valence-electron chi connectivity index (χ0n) is 21.1. The number of aliphatic carboxylic acids is 1. The van der Waals surface area contributed by atoms with Crippen molar-refractivity contribution in [1.29, 1.82) is 0 Å². The van der Waals surface area contributed by atoms with E-state index in [4.69, 9.17) is 0 Å². The van der Waals surface area contributed by atoms with Crippen LogP contribution in [-0.4, -0.2) is 32.1 Å². The Balaban J connectivity index is 1.68. The highest BCUT2D eigenvalue weighted by molar-refractivity contribution is 5.91. The number of nitrogens with zero attached hydrogens (tertiary/aromatic N) is 2. The number of carboxylic acid groups (broad SMARTS) is 1. The van der Waals surface area contributed by atoms with Gasteiger partial charge in [-0.25, -0.2) is 18.6 Å². The third kappa shape index (κ3) is 4.86. The van der Waals surface area contributed by atoms with Crippen molar-refractivity contribution in [3.63, 3.8) is 0 Å². The van der Waals surface area contributed by atoms with Crippen LogP contribution in [0.5, 0.6) is 0 Å². The maximum absolute atomic E-state index is 14.5. The van der Waals surface area contributed by atoms with Gasteiger partial charge in [0.2, 0.25) is 5.91 Å². The third-order valence-corrected chi connectivity index (χ3v) is 8.16. The summed E-state index contributed by atoms with van der Waals surface area (Å²) in [6.45, 7) is 1.96. The first-order chi connectivity index (χ1) is 17.8. The fourth-order valence-corrected chi connectivity index (χ4v) is 6.13. The van der Waals surface area contributed by atoms with Gasteiger partial charge in [0, 0.05) is 17.7 Å². The highest BCUT2D eigenvalue weighted by Gasteiger charge is 2.44. The molecule has 8 heteroatoms. The molecule has 5 rings (SSSR count). The molecular weight excluding hydrogens is 476 g/mol. The van der Waals surface area contributed by atoms with Gasteiger partial charge in [0.05, 0.1) is 11.0 Å². The maximum atomic E-state index is 14.5. The topological polar surface area (TPSA) is 84.2 Å². The smallest absolute Gasteiger partial charge is 0.329 e. The van der Waals surface area contributed by atoms with Gasteiger partial charge >= 0.3 is 5.97 Å². The number of carbonyl (C=O) groups excluding carboxylic acids is 1. The van der Waals surface area contributed by atoms with Gasteiger partial charge in [0.1, 0.15) is 17.4 Å². The van der Waals surface area contributed by atoms with Crippen LogP contribution in [0.4, 0.5) is 8.78 Å². The average Bonchev–Trinajstić information content (AvgIpc) is 3.23. The van der Waals surface area contributed by atoms with Crippen molar-refractivity contribution in [3.8, 4) is 11.4 Å². The number of hydrogen-bond acceptors (Lipinski definition) is 3. The Morgan fingerprint density at radius 2 is 1.62 bits per heavy atom. The third-order valence-electron chi connectivity index (χ3n) is 8.16. The normalized spacial score (nSPS) is 19.0. The molecule has 2 aliphatic carbocycles. The van der Waals surface area contributed by atoms with E-state index in [-0.39, 0.29) is 11.4 Å². The molecule has 2 N–H and O–H groups in total. The largest absolute Gasteiger partial charge is 0.480 e. The Bertz CT molecular complexity index is 1310. The van der Waals surface area contributed by atoms with Crippen molar-refractivity contribution in [2.45, 2.75) is 82.7 Å². The van der Waals surface area contributed by atoms with E-state index in [1.807, 2.05) is 31.2 Å². The summed E-state index contributed by atoms with van der Waals surface area (Å²) < 4.78 is 30.5. The number of aromatic nitrogens is 2. The molecule has 0 bridgehead atoms. The molecular formula is C29H33F2N3O3. The molecule has 2 fully saturated rings. The van der Waals surface area contributed by atoms with E-state index in [1.54, 1.807) is 4.57 Å². The summed E-state index contributed by atoms with van der Waals surface area (Å²) in [7, 11) is 0. The van der Waals surface area contributed by atoms with Gasteiger partial charge in [-0.1, -0.05) is 68.4 Å². The zero-order valence-corrected chi connectivity index (χ0v) is 21.1. The molecule has 0 saturated heterocycles. The Morgan fingerprint density at radius 3 is 2.27 bits per heavy atom. The van der Waals surface area contributed by atoms with E-state index < -0.39 is 35.1 Å². The Labute approximate surface area is 215 Å². The highest BCUT2D eigenvalue weighted by atomic mass is 19.2. The first-order valence-electron chi connectivity index (χ1n) is 13.3. The van der Waals surface area contributed by atoms with Crippen LogP contribution in [0.3, 0.4) is 0 Å². The fraction of sp³-hybridized carbons (Fsp3) is 0.483. The van der Waals surface area contributed by atoms with Crippen LogP contribution in [0.1, 0.15) is 75.8 Å². The number of fused-ring (bicyclic) bond motifs is 1. The minimum atomic E-state index is -1.32. The molecule has 3 aromatic rings. The predicted molar refractivity (Wildman–Crippen MR) is 137 cm³/mol. The number of aryl methyl sites for hydroxylation is 1. The van der Waals surface area contributed by atoms with Gasteiger partial charge in [0.25, 0.3) is 0 Å². The summed E-state index contributed by atoms with van der Waals surface area (Å²) in [5.41, 5.74) is 1.04. The number of carbonyl (C=O) groups is 2. The number of hydrogen-bond donors (Lipinski definition) is 2. The van der Waals surface area contributed by atoms with Crippen LogP contribution >= 0.6 is 0 Å². The number of rotatable bonds is 6. The number of carboxylic acids is 1. The summed E-state index contributed by atoms with van der Waals surface area (Å²) in [6, 6.07) is 8.99. The van der Waals surface area contributed by atoms with Crippen LogP contribution in [0.2, 0.25) is 0 Å². The van der Waals surface area contributed by atoms with Crippen molar-refractivity contribution in [3.05, 3.63) is 53.6 Å². The molecule has 0 aliphatic heterocycles. The lowest BCUT2D eigenvalue weighted by Crippen LogP contribution is -2.57. The van der Waals surface area contributed by atoms with Gasteiger partial charge in [-0.15, -0.1) is 0 Å². The molecule has 2 aliphatic rings. The van der Waals surface area contributed by atoms with Crippen molar-refractivity contribution < 1.29 is 23.5 Å². The van der Waals surface area contributed by atoms with E-state index >= 15 is 0 Å². The Morgan fingerprint density at radius 1 is 1.00 bits per heavy atom. The van der Waals surface area contributed by atoms with Gasteiger partial charge in [-0.3, -0.25) is 4.79 Å². The molecule has 1 amide bonds. The first kappa shape index (κ1) is 25.4. The van der Waals surface area contributed by atoms with Gasteiger partial charge in [-0.2, -0.15) is 0 Å². The van der Waals surface area contributed by atoms with E-state index in [9.17, 15) is 23.5 Å². The van der Waals surface area contributed by atoms with Gasteiger partial charge < -0.3 is 15.0 Å². The van der Waals surface area contributed by atoms with E-state index in [1.165, 1.54) is 0 Å². The van der Waals surface area contributed by atoms with E-state index in [2.05, 4.69) is 10.3 Å². The Kier molecular flexibility index (Phi) is 7.01. The standard InChI is InChI=1S/C29H33F2N3O3/c1-18-10-12-20(13-11-18)26-32-23-16-21(30)22(31)17-24(23)34(26)25(19-8-4-2-5-9-19)27(35)33-29(28(36)37)14-6-3-7-15-29/h10-13,16-17,19,25H,2-9,14-15H2,1H3,(H,33,35)(H,36,37). The molecule has 37 heavy (non-hydrogen) atoms. The minimum absolute atomic E-state index is 0.0853. The number of benzene rings is 2. The molecule has 1 unspecified atom stereocenters. The van der Waals surface area contributed by atoms with Gasteiger partial charge in [-0.05, 0) is 38.5 Å². The van der Waals surface area contributed by atoms with Crippen LogP contribution in [0, 0.1) is 24.5 Å². The monoisotopic (exact) mass is 509 g/mol. The van der Waals surface area contributed by atoms with Crippen molar-refractivity contribution in [2.75, 3.05) is 0 Å². The molecule has 1 heterocycles. The van der Waals surface area contributed by atoms with Crippen molar-refractivity contribution in [1.82, 2.24) is 14.9 Å². The second kappa shape index (κ2) is 10.2. The second-order valence-electron chi connectivity index (χ2n) is 10.7. The summed E-state index contributed by atoms with van der Waals surface area (Å²) in [4.78, 5) is 31.2. The van der Waals surface area contributed by atoms with Crippen LogP contribution in [0.25, 0.3) is 22.4 Å². The number of halogens is 2. The maximum Gasteiger partial charge on any atom is 0.329 e. The second-order valence-corrected chi connectivity index (χ2v) is 10.7. The zero-order chi connectivity index (χ0) is 26.2. The number of nitrogens with one attached hydrogen (secondary N) is 1. The van der Waals surface area contributed by atoms with Crippen molar-refractivity contribution in [2.24, 2.45) is 5.92 Å². The lowest BCUT2D eigenvalue weighted by Gasteiger charge is -2.38. The van der Waals surface area contributed by atoms with Crippen LogP contribution < -0.4 is 5.32 Å². The molecule has 1 aromatic heterocycles. The SMILES string of the molecule is Cc1ccc(-c2nc3cc(F)c(F)cc3n2C(C(=O)NC2(C(=O)O)CCCCC2)C2CCCCC2)cc1. The summed E-state index contributed by atoms with van der Waals surface area (Å²) in [5, 5.41) is 13.1. The van der Waals surface area contributed by atoms with E-state index in [0.29, 0.717) is 24.2 Å². The molecule has 2 aromatic carbocycles. The fourth-order valence-electron chi connectivity index (χ4n) is 6.13. The Hall–Kier alpha value is -3.29. The average molecular weight is 510 g/mol. The van der Waals surface area contributed by atoms with Crippen molar-refractivity contribution >= 4 is 22.9 Å². The van der Waals surface area contributed by atoms with E-state index in [0.717, 1.165) is 74.6 Å². The highest BCUT2D eigenvalue weighted by Crippen LogP contribution is 2.40. The van der Waals surface area contributed by atoms with Gasteiger partial charge in [0.15, 0.2) is 11.6 Å². The lowest BCUT2D eigenvalue weighted by atomic mass is 9.79. The quantitative estimate of drug-likeness (QED) is 0.408. The molecule has 6 nitrogen and oxygen atoms in total. The number of imidazole rings is 1. The minimum Gasteiger partial charge on any atom is -0.480 e. The molecule has 0 spiro atoms. The van der Waals surface area contributed by atoms with Crippen LogP contribution in [0.15, 0.2) is 36.4 Å². The number of amides is 1. The molecule has 196 valence electrons. The molecule has 2 saturated carbocycles. The van der Waals surface area contributed by atoms with Crippen LogP contribution in [-0.2, 0) is 9.59 Å². The molecule has 0 radical (unpaired) electrons. The summed E-state index contributed by atoms with van der Waals surface area (Å²) in [6.07, 6.45) is 7.69. The summed E-state index contributed by atoms with van der Waals surface area (Å²) in [5.74, 6) is -3.07.